The number of ether oxygens (including phenoxy) is 3. The van der Waals surface area contributed by atoms with Gasteiger partial charge in [-0.1, -0.05) is 6.07 Å². The van der Waals surface area contributed by atoms with E-state index in [0.717, 1.165) is 66.4 Å². The molecule has 0 spiro atoms. The normalized spacial score (nSPS) is 18.1. The zero-order chi connectivity index (χ0) is 20.5. The van der Waals surface area contributed by atoms with Crippen LogP contribution in [0.3, 0.4) is 0 Å². The Labute approximate surface area is 175 Å². The number of rotatable bonds is 6. The minimum atomic E-state index is -0.536. The molecule has 3 heterocycles. The van der Waals surface area contributed by atoms with E-state index in [4.69, 9.17) is 14.2 Å². The number of nitrogens with one attached hydrogen (secondary N) is 1. The molecule has 3 aromatic rings. The first-order chi connectivity index (χ1) is 14.7. The van der Waals surface area contributed by atoms with Crippen LogP contribution in [0.25, 0.3) is 10.9 Å². The molecule has 2 aliphatic heterocycles. The number of benzene rings is 2. The number of aliphatic hydroxyl groups excluding tert-OH is 1. The Bertz CT molecular complexity index is 1030. The van der Waals surface area contributed by atoms with Crippen LogP contribution < -0.4 is 14.2 Å². The van der Waals surface area contributed by atoms with Gasteiger partial charge in [0.25, 0.3) is 0 Å². The quantitative estimate of drug-likeness (QED) is 0.653. The molecule has 0 radical (unpaired) electrons. The summed E-state index contributed by atoms with van der Waals surface area (Å²) in [6.45, 7) is 5.66. The Morgan fingerprint density at radius 2 is 1.83 bits per heavy atom. The first-order valence-electron chi connectivity index (χ1n) is 10.4. The summed E-state index contributed by atoms with van der Waals surface area (Å²) in [5, 5.41) is 11.9. The predicted octanol–water partition coefficient (Wildman–Crippen LogP) is 2.76. The average molecular weight is 409 g/mol. The predicted molar refractivity (Wildman–Crippen MR) is 114 cm³/mol. The molecular formula is C23H27N3O4. The number of piperazine rings is 1. The number of methoxy groups -OCH3 is 1. The van der Waals surface area contributed by atoms with E-state index in [1.807, 2.05) is 30.5 Å². The zero-order valence-electron chi connectivity index (χ0n) is 17.1. The summed E-state index contributed by atoms with van der Waals surface area (Å²) in [5.41, 5.74) is 3.17. The van der Waals surface area contributed by atoms with E-state index in [9.17, 15) is 5.11 Å². The fraction of sp³-hybridized carbons (Fsp3) is 0.391. The second kappa shape index (κ2) is 8.18. The van der Waals surface area contributed by atoms with Crippen molar-refractivity contribution >= 4 is 10.9 Å². The first-order valence-corrected chi connectivity index (χ1v) is 10.4. The Kier molecular flexibility index (Phi) is 5.25. The van der Waals surface area contributed by atoms with Gasteiger partial charge < -0.3 is 24.3 Å². The summed E-state index contributed by atoms with van der Waals surface area (Å²) < 4.78 is 16.2. The van der Waals surface area contributed by atoms with Crippen LogP contribution in [0, 0.1) is 0 Å². The first kappa shape index (κ1) is 19.2. The van der Waals surface area contributed by atoms with Crippen LogP contribution in [-0.2, 0) is 6.54 Å². The molecule has 2 aliphatic rings. The van der Waals surface area contributed by atoms with Gasteiger partial charge in [-0.05, 0) is 35.9 Å². The van der Waals surface area contributed by atoms with E-state index in [1.165, 1.54) is 5.56 Å². The Morgan fingerprint density at radius 3 is 2.67 bits per heavy atom. The summed E-state index contributed by atoms with van der Waals surface area (Å²) >= 11 is 0. The number of hydrogen-bond acceptors (Lipinski definition) is 6. The van der Waals surface area contributed by atoms with Gasteiger partial charge in [0.2, 0.25) is 6.79 Å². The molecule has 0 amide bonds. The second-order valence-corrected chi connectivity index (χ2v) is 7.94. The lowest BCUT2D eigenvalue weighted by Crippen LogP contribution is -2.47. The molecule has 2 N–H and O–H groups in total. The molecular weight excluding hydrogens is 382 g/mol. The molecule has 1 unspecified atom stereocenters. The van der Waals surface area contributed by atoms with Gasteiger partial charge in [-0.25, -0.2) is 0 Å². The molecule has 0 aliphatic carbocycles. The summed E-state index contributed by atoms with van der Waals surface area (Å²) in [6.07, 6.45) is 1.37. The van der Waals surface area contributed by atoms with Crippen molar-refractivity contribution in [3.8, 4) is 17.2 Å². The van der Waals surface area contributed by atoms with E-state index < -0.39 is 6.10 Å². The molecule has 30 heavy (non-hydrogen) atoms. The van der Waals surface area contributed by atoms with E-state index >= 15 is 0 Å². The van der Waals surface area contributed by atoms with Crippen molar-refractivity contribution in [1.82, 2.24) is 14.8 Å². The van der Waals surface area contributed by atoms with Crippen molar-refractivity contribution in [3.05, 3.63) is 53.7 Å². The third-order valence-electron chi connectivity index (χ3n) is 6.02. The maximum absolute atomic E-state index is 10.9. The molecule has 1 fully saturated rings. The molecule has 1 atom stereocenters. The lowest BCUT2D eigenvalue weighted by atomic mass is 10.1. The van der Waals surface area contributed by atoms with Crippen LogP contribution in [0.5, 0.6) is 17.2 Å². The van der Waals surface area contributed by atoms with Gasteiger partial charge in [0, 0.05) is 61.9 Å². The van der Waals surface area contributed by atoms with Gasteiger partial charge in [-0.3, -0.25) is 9.80 Å². The van der Waals surface area contributed by atoms with Gasteiger partial charge in [-0.15, -0.1) is 0 Å². The van der Waals surface area contributed by atoms with Crippen molar-refractivity contribution in [1.29, 1.82) is 0 Å². The van der Waals surface area contributed by atoms with Crippen LogP contribution >= 0.6 is 0 Å². The number of nitrogens with zero attached hydrogens (tertiary/aromatic N) is 2. The van der Waals surface area contributed by atoms with Crippen LogP contribution in [0.1, 0.15) is 17.2 Å². The third kappa shape index (κ3) is 3.84. The van der Waals surface area contributed by atoms with Crippen LogP contribution in [0.2, 0.25) is 0 Å². The van der Waals surface area contributed by atoms with Crippen LogP contribution in [-0.4, -0.2) is 66.5 Å². The number of β-amino-alcohol motifs (C(OH)–C–C–N with tert-alkyl or cyclic N) is 1. The molecule has 0 bridgehead atoms. The topological polar surface area (TPSA) is 70.2 Å². The SMILES string of the molecule is COc1ccc2[nH]cc(C(O)CN3CCN(Cc4ccc5c(c4)OCO5)CC3)c2c1. The third-order valence-corrected chi connectivity index (χ3v) is 6.02. The monoisotopic (exact) mass is 409 g/mol. The van der Waals surface area contributed by atoms with Crippen LogP contribution in [0.15, 0.2) is 42.6 Å². The smallest absolute Gasteiger partial charge is 0.231 e. The second-order valence-electron chi connectivity index (χ2n) is 7.94. The molecule has 5 rings (SSSR count). The highest BCUT2D eigenvalue weighted by molar-refractivity contribution is 5.85. The van der Waals surface area contributed by atoms with Gasteiger partial charge >= 0.3 is 0 Å². The van der Waals surface area contributed by atoms with E-state index in [-0.39, 0.29) is 0 Å². The number of fused-ring (bicyclic) bond motifs is 2. The number of hydrogen-bond donors (Lipinski definition) is 2. The molecule has 158 valence electrons. The van der Waals surface area contributed by atoms with E-state index in [0.29, 0.717) is 13.3 Å². The molecule has 1 aromatic heterocycles. The highest BCUT2D eigenvalue weighted by Gasteiger charge is 2.22. The minimum absolute atomic E-state index is 0.309. The highest BCUT2D eigenvalue weighted by Crippen LogP contribution is 2.33. The maximum atomic E-state index is 10.9. The minimum Gasteiger partial charge on any atom is -0.497 e. The zero-order valence-corrected chi connectivity index (χ0v) is 17.1. The average Bonchev–Trinajstić information content (AvgIpc) is 3.41. The summed E-state index contributed by atoms with van der Waals surface area (Å²) in [7, 11) is 1.66. The lowest BCUT2D eigenvalue weighted by Gasteiger charge is -2.35. The van der Waals surface area contributed by atoms with Gasteiger partial charge in [-0.2, -0.15) is 0 Å². The lowest BCUT2D eigenvalue weighted by molar-refractivity contribution is 0.0707. The number of H-pyrrole nitrogens is 1. The Hall–Kier alpha value is -2.74. The summed E-state index contributed by atoms with van der Waals surface area (Å²) in [5.74, 6) is 2.46. The molecule has 7 heteroatoms. The van der Waals surface area contributed by atoms with Crippen molar-refractivity contribution in [2.75, 3.05) is 46.6 Å². The van der Waals surface area contributed by atoms with E-state index in [1.54, 1.807) is 7.11 Å². The number of aromatic amines is 1. The standard InChI is InChI=1S/C23H27N3O4/c1-28-17-3-4-20-18(11-17)19(12-24-20)21(27)14-26-8-6-25(7-9-26)13-16-2-5-22-23(10-16)30-15-29-22/h2-5,10-12,21,24,27H,6-9,13-15H2,1H3. The molecule has 7 nitrogen and oxygen atoms in total. The highest BCUT2D eigenvalue weighted by atomic mass is 16.7. The summed E-state index contributed by atoms with van der Waals surface area (Å²) in [4.78, 5) is 8.02. The largest absolute Gasteiger partial charge is 0.497 e. The fourth-order valence-electron chi connectivity index (χ4n) is 4.29. The number of aromatic nitrogens is 1. The van der Waals surface area contributed by atoms with Crippen molar-refractivity contribution < 1.29 is 19.3 Å². The maximum Gasteiger partial charge on any atom is 0.231 e. The molecule has 2 aromatic carbocycles. The fourth-order valence-corrected chi connectivity index (χ4v) is 4.29. The molecule has 1 saturated heterocycles. The van der Waals surface area contributed by atoms with Crippen molar-refractivity contribution in [2.24, 2.45) is 0 Å². The van der Waals surface area contributed by atoms with Gasteiger partial charge in [0.15, 0.2) is 11.5 Å². The van der Waals surface area contributed by atoms with E-state index in [2.05, 4.69) is 26.9 Å². The van der Waals surface area contributed by atoms with Crippen molar-refractivity contribution in [3.63, 3.8) is 0 Å². The Balaban J connectivity index is 1.17. The molecule has 0 saturated carbocycles. The van der Waals surface area contributed by atoms with Gasteiger partial charge in [0.1, 0.15) is 5.75 Å². The van der Waals surface area contributed by atoms with Gasteiger partial charge in [0.05, 0.1) is 13.2 Å². The van der Waals surface area contributed by atoms with Crippen LogP contribution in [0.4, 0.5) is 0 Å². The Morgan fingerprint density at radius 1 is 1.03 bits per heavy atom. The number of aliphatic hydroxyl groups is 1. The summed E-state index contributed by atoms with van der Waals surface area (Å²) in [6, 6.07) is 12.1. The van der Waals surface area contributed by atoms with Crippen molar-refractivity contribution in [2.45, 2.75) is 12.6 Å².